The van der Waals surface area contributed by atoms with Gasteiger partial charge in [-0.15, -0.1) is 24.8 Å². The molecule has 4 rings (SSSR count). The minimum Gasteiger partial charge on any atom is -0.351 e. The monoisotopic (exact) mass is 398 g/mol. The topological polar surface area (TPSA) is 58.4 Å². The highest BCUT2D eigenvalue weighted by Crippen LogP contribution is 2.34. The van der Waals surface area contributed by atoms with Crippen LogP contribution in [0.1, 0.15) is 18.5 Å². The molecule has 1 amide bonds. The molecule has 2 N–H and O–H groups in total. The molecule has 0 unspecified atom stereocenters. The van der Waals surface area contributed by atoms with Gasteiger partial charge in [0.1, 0.15) is 5.65 Å². The van der Waals surface area contributed by atoms with Crippen molar-refractivity contribution in [2.75, 3.05) is 19.6 Å². The van der Waals surface area contributed by atoms with E-state index in [-0.39, 0.29) is 30.7 Å². The number of rotatable bonds is 4. The predicted molar refractivity (Wildman–Crippen MR) is 107 cm³/mol. The first-order chi connectivity index (χ1) is 11.3. The normalized spacial score (nSPS) is 15.5. The van der Waals surface area contributed by atoms with Crippen LogP contribution < -0.4 is 10.6 Å². The molecule has 0 bridgehead atoms. The van der Waals surface area contributed by atoms with Crippen LogP contribution in [0, 0.1) is 0 Å². The van der Waals surface area contributed by atoms with E-state index in [9.17, 15) is 4.79 Å². The third-order valence-electron chi connectivity index (χ3n) is 4.13. The number of nitrogens with zero attached hydrogens (tertiary/aromatic N) is 2. The van der Waals surface area contributed by atoms with Crippen molar-refractivity contribution in [1.29, 1.82) is 0 Å². The van der Waals surface area contributed by atoms with Gasteiger partial charge in [-0.3, -0.25) is 9.20 Å². The van der Waals surface area contributed by atoms with E-state index in [2.05, 4.69) is 26.1 Å². The number of carbonyl (C=O) groups excluding carboxylic acids is 1. The van der Waals surface area contributed by atoms with Crippen LogP contribution in [0.5, 0.6) is 0 Å². The third kappa shape index (κ3) is 4.20. The highest BCUT2D eigenvalue weighted by Gasteiger charge is 2.19. The van der Waals surface area contributed by atoms with E-state index in [4.69, 9.17) is 0 Å². The average molecular weight is 399 g/mol. The van der Waals surface area contributed by atoms with Crippen molar-refractivity contribution in [2.24, 2.45) is 0 Å². The van der Waals surface area contributed by atoms with Gasteiger partial charge in [-0.25, -0.2) is 4.98 Å². The number of nitrogens with one attached hydrogen (secondary N) is 2. The second-order valence-electron chi connectivity index (χ2n) is 5.67. The predicted octanol–water partition coefficient (Wildman–Crippen LogP) is 3.05. The van der Waals surface area contributed by atoms with Gasteiger partial charge in [-0.05, 0) is 37.6 Å². The van der Waals surface area contributed by atoms with Crippen molar-refractivity contribution in [3.8, 4) is 0 Å². The largest absolute Gasteiger partial charge is 0.351 e. The lowest BCUT2D eigenvalue weighted by atomic mass is 10.1. The van der Waals surface area contributed by atoms with Crippen LogP contribution in [0.25, 0.3) is 11.7 Å². The number of hydrogen-bond donors (Lipinski definition) is 2. The van der Waals surface area contributed by atoms with E-state index in [0.29, 0.717) is 6.54 Å². The first kappa shape index (κ1) is 19.8. The minimum absolute atomic E-state index is 0. The molecule has 8 heteroatoms. The van der Waals surface area contributed by atoms with Crippen LogP contribution in [-0.4, -0.2) is 34.9 Å². The summed E-state index contributed by atoms with van der Waals surface area (Å²) in [6.45, 7) is 2.67. The molecule has 4 heterocycles. The summed E-state index contributed by atoms with van der Waals surface area (Å²) in [7, 11) is 0. The first-order valence-corrected chi connectivity index (χ1v) is 8.66. The second kappa shape index (κ2) is 8.76. The lowest BCUT2D eigenvalue weighted by molar-refractivity contribution is -0.116. The number of imidazole rings is 1. The standard InChI is InChI=1S/C17H18N4OS.2ClH/c22-17(19-9-6-12-4-7-18-8-5-12)14-10-13-11-20-15-2-1-3-16(23-14)21(13)15;;/h1-4,10-11,18H,5-9H2,(H,19,22);2*1H. The van der Waals surface area contributed by atoms with E-state index < -0.39 is 0 Å². The number of aromatic nitrogens is 2. The van der Waals surface area contributed by atoms with Crippen LogP contribution in [-0.2, 0) is 4.79 Å². The van der Waals surface area contributed by atoms with Crippen LogP contribution >= 0.6 is 36.6 Å². The van der Waals surface area contributed by atoms with Crippen LogP contribution in [0.4, 0.5) is 0 Å². The molecular weight excluding hydrogens is 379 g/mol. The van der Waals surface area contributed by atoms with Crippen LogP contribution in [0.15, 0.2) is 46.0 Å². The van der Waals surface area contributed by atoms with E-state index in [1.165, 1.54) is 17.3 Å². The summed E-state index contributed by atoms with van der Waals surface area (Å²) in [5.41, 5.74) is 3.30. The number of amides is 1. The number of halogens is 2. The van der Waals surface area contributed by atoms with E-state index in [1.807, 2.05) is 30.5 Å². The molecule has 0 radical (unpaired) electrons. The molecule has 2 aliphatic rings. The maximum Gasteiger partial charge on any atom is 0.258 e. The van der Waals surface area contributed by atoms with E-state index >= 15 is 0 Å². The summed E-state index contributed by atoms with van der Waals surface area (Å²) in [6.07, 6.45) is 7.96. The zero-order valence-electron chi connectivity index (χ0n) is 13.5. The minimum atomic E-state index is -0.00557. The summed E-state index contributed by atoms with van der Waals surface area (Å²) < 4.78 is 2.07. The van der Waals surface area contributed by atoms with Crippen LogP contribution in [0.3, 0.4) is 0 Å². The highest BCUT2D eigenvalue weighted by atomic mass is 35.5. The van der Waals surface area contributed by atoms with Gasteiger partial charge in [0.2, 0.25) is 0 Å². The Morgan fingerprint density at radius 1 is 1.36 bits per heavy atom. The molecule has 0 aliphatic carbocycles. The molecule has 2 aromatic heterocycles. The number of pyridine rings is 1. The molecule has 0 atom stereocenters. The maximum atomic E-state index is 12.4. The fraction of sp³-hybridized carbons (Fsp3) is 0.294. The zero-order valence-corrected chi connectivity index (χ0v) is 16.0. The Hall–Kier alpha value is -1.47. The van der Waals surface area contributed by atoms with Crippen molar-refractivity contribution >= 4 is 54.2 Å². The smallest absolute Gasteiger partial charge is 0.258 e. The Morgan fingerprint density at radius 3 is 3.04 bits per heavy atom. The van der Waals surface area contributed by atoms with Crippen molar-refractivity contribution in [3.05, 3.63) is 46.6 Å². The summed E-state index contributed by atoms with van der Waals surface area (Å²) in [6, 6.07) is 5.96. The van der Waals surface area contributed by atoms with Gasteiger partial charge in [0.15, 0.2) is 0 Å². The highest BCUT2D eigenvalue weighted by molar-refractivity contribution is 8.04. The second-order valence-corrected chi connectivity index (χ2v) is 6.74. The Kier molecular flexibility index (Phi) is 6.95. The molecule has 0 aromatic carbocycles. The Balaban J connectivity index is 0.00000113. The number of hydrogen-bond acceptors (Lipinski definition) is 4. The van der Waals surface area contributed by atoms with Crippen molar-refractivity contribution < 1.29 is 4.79 Å². The summed E-state index contributed by atoms with van der Waals surface area (Å²) >= 11 is 1.50. The van der Waals surface area contributed by atoms with Crippen molar-refractivity contribution in [2.45, 2.75) is 17.9 Å². The average Bonchev–Trinajstić information content (AvgIpc) is 3.01. The molecule has 25 heavy (non-hydrogen) atoms. The summed E-state index contributed by atoms with van der Waals surface area (Å²) in [4.78, 5) is 17.5. The molecule has 2 aromatic rings. The Morgan fingerprint density at radius 2 is 2.24 bits per heavy atom. The van der Waals surface area contributed by atoms with Crippen LogP contribution in [0.2, 0.25) is 0 Å². The maximum absolute atomic E-state index is 12.4. The molecule has 0 spiro atoms. The molecular formula is C17H20Cl2N4OS. The lowest BCUT2D eigenvalue weighted by Gasteiger charge is -2.16. The van der Waals surface area contributed by atoms with E-state index in [0.717, 1.165) is 47.2 Å². The first-order valence-electron chi connectivity index (χ1n) is 7.84. The summed E-state index contributed by atoms with van der Waals surface area (Å²) in [5, 5.41) is 7.36. The van der Waals surface area contributed by atoms with Gasteiger partial charge in [0, 0.05) is 13.1 Å². The van der Waals surface area contributed by atoms with Gasteiger partial charge in [0.05, 0.1) is 21.8 Å². The van der Waals surface area contributed by atoms with Crippen molar-refractivity contribution in [3.63, 3.8) is 0 Å². The molecule has 0 saturated carbocycles. The van der Waals surface area contributed by atoms with Gasteiger partial charge in [0.25, 0.3) is 5.91 Å². The van der Waals surface area contributed by atoms with E-state index in [1.54, 1.807) is 0 Å². The van der Waals surface area contributed by atoms with Gasteiger partial charge in [-0.2, -0.15) is 0 Å². The number of thioether (sulfide) groups is 1. The van der Waals surface area contributed by atoms with Gasteiger partial charge in [-0.1, -0.05) is 29.5 Å². The van der Waals surface area contributed by atoms with Gasteiger partial charge < -0.3 is 10.6 Å². The molecule has 0 saturated heterocycles. The molecule has 5 nitrogen and oxygen atoms in total. The van der Waals surface area contributed by atoms with Gasteiger partial charge >= 0.3 is 0 Å². The number of carbonyl (C=O) groups is 1. The summed E-state index contributed by atoms with van der Waals surface area (Å²) in [5.74, 6) is -0.00557. The van der Waals surface area contributed by atoms with Crippen molar-refractivity contribution in [1.82, 2.24) is 20.0 Å². The fourth-order valence-electron chi connectivity index (χ4n) is 2.92. The molecule has 2 aliphatic heterocycles. The lowest BCUT2D eigenvalue weighted by Crippen LogP contribution is -2.27. The third-order valence-corrected chi connectivity index (χ3v) is 5.18. The Labute approximate surface area is 163 Å². The molecule has 0 fully saturated rings. The molecule has 134 valence electrons. The SMILES string of the molecule is Cl.Cl.O=C(NCCC1=CCNCC1)C1=Cc2cnc3cccc(n23)S1. The Bertz CT molecular complexity index is 831. The zero-order chi connectivity index (χ0) is 15.6. The quantitative estimate of drug-likeness (QED) is 0.776. The fourth-order valence-corrected chi connectivity index (χ4v) is 3.93.